The second kappa shape index (κ2) is 10.4. The number of benzene rings is 1. The van der Waals surface area contributed by atoms with Gasteiger partial charge in [-0.1, -0.05) is 38.1 Å². The molecule has 1 heterocycles. The molecule has 0 fully saturated rings. The summed E-state index contributed by atoms with van der Waals surface area (Å²) >= 11 is 0. The van der Waals surface area contributed by atoms with E-state index in [-0.39, 0.29) is 30.0 Å². The van der Waals surface area contributed by atoms with Crippen LogP contribution in [0.25, 0.3) is 0 Å². The van der Waals surface area contributed by atoms with Crippen molar-refractivity contribution < 1.29 is 0 Å². The van der Waals surface area contributed by atoms with Gasteiger partial charge in [-0.25, -0.2) is 0 Å². The largest absolute Gasteiger partial charge is 0.350 e. The topological polar surface area (TPSA) is 67.1 Å². The number of nitrogens with zero attached hydrogens (tertiary/aromatic N) is 4. The fourth-order valence-electron chi connectivity index (χ4n) is 2.53. The molecule has 0 saturated heterocycles. The highest BCUT2D eigenvalue weighted by atomic mass is 127. The summed E-state index contributed by atoms with van der Waals surface area (Å²) in [6.07, 6.45) is 2.80. The predicted octanol–water partition coefficient (Wildman–Crippen LogP) is 3.06. The molecule has 1 aromatic heterocycles. The molecule has 2 aromatic rings. The van der Waals surface area contributed by atoms with Crippen LogP contribution < -0.4 is 10.6 Å². The molecule has 6 nitrogen and oxygen atoms in total. The third-order valence-electron chi connectivity index (χ3n) is 3.92. The van der Waals surface area contributed by atoms with Gasteiger partial charge in [0.05, 0.1) is 12.6 Å². The zero-order chi connectivity index (χ0) is 17.5. The fraction of sp³-hybridized carbons (Fsp3) is 0.500. The molecule has 0 amide bonds. The summed E-state index contributed by atoms with van der Waals surface area (Å²) in [5.41, 5.74) is 2.62. The third kappa shape index (κ3) is 6.64. The maximum absolute atomic E-state index is 4.28. The van der Waals surface area contributed by atoms with Crippen LogP contribution in [0.5, 0.6) is 0 Å². The summed E-state index contributed by atoms with van der Waals surface area (Å²) in [5.74, 6) is 2.29. The number of guanidine groups is 1. The van der Waals surface area contributed by atoms with E-state index in [1.54, 1.807) is 13.4 Å². The summed E-state index contributed by atoms with van der Waals surface area (Å²) in [5, 5.41) is 14.6. The van der Waals surface area contributed by atoms with Crippen molar-refractivity contribution in [3.05, 3.63) is 47.5 Å². The first-order valence-electron chi connectivity index (χ1n) is 8.38. The molecule has 1 atom stereocenters. The Morgan fingerprint density at radius 3 is 2.40 bits per heavy atom. The molecule has 25 heavy (non-hydrogen) atoms. The Morgan fingerprint density at radius 2 is 1.88 bits per heavy atom. The Morgan fingerprint density at radius 1 is 1.20 bits per heavy atom. The Balaban J connectivity index is 0.00000312. The molecule has 0 radical (unpaired) electrons. The van der Waals surface area contributed by atoms with E-state index in [1.807, 2.05) is 11.6 Å². The number of nitrogens with one attached hydrogen (secondary N) is 2. The van der Waals surface area contributed by atoms with Gasteiger partial charge in [-0.3, -0.25) is 4.99 Å². The maximum Gasteiger partial charge on any atom is 0.191 e. The zero-order valence-electron chi connectivity index (χ0n) is 15.7. The van der Waals surface area contributed by atoms with E-state index in [2.05, 4.69) is 70.9 Å². The van der Waals surface area contributed by atoms with Crippen molar-refractivity contribution in [3.63, 3.8) is 0 Å². The van der Waals surface area contributed by atoms with Gasteiger partial charge in [0.15, 0.2) is 11.8 Å². The lowest BCUT2D eigenvalue weighted by Gasteiger charge is -2.18. The number of hydrogen-bond acceptors (Lipinski definition) is 3. The molecule has 2 rings (SSSR count). The van der Waals surface area contributed by atoms with Crippen LogP contribution >= 0.6 is 24.0 Å². The molecule has 0 bridgehead atoms. The second-order valence-electron chi connectivity index (χ2n) is 6.49. The van der Waals surface area contributed by atoms with Crippen LogP contribution in [0.4, 0.5) is 0 Å². The summed E-state index contributed by atoms with van der Waals surface area (Å²) in [7, 11) is 3.69. The molecule has 1 unspecified atom stereocenters. The van der Waals surface area contributed by atoms with Crippen LogP contribution in [-0.2, 0) is 20.0 Å². The first-order valence-corrected chi connectivity index (χ1v) is 8.38. The number of aromatic nitrogens is 3. The minimum atomic E-state index is 0. The van der Waals surface area contributed by atoms with Crippen LogP contribution in [-0.4, -0.2) is 27.8 Å². The molecule has 0 aliphatic rings. The Labute approximate surface area is 167 Å². The number of hydrogen-bond donors (Lipinski definition) is 2. The number of halogens is 1. The summed E-state index contributed by atoms with van der Waals surface area (Å²) < 4.78 is 1.89. The summed E-state index contributed by atoms with van der Waals surface area (Å²) in [6.45, 7) is 7.19. The normalized spacial score (nSPS) is 12.6. The second-order valence-corrected chi connectivity index (χ2v) is 6.49. The molecule has 2 N–H and O–H groups in total. The molecule has 0 spiro atoms. The standard InChI is InChI=1S/C18H28N6.HI/c1-13(2)10-15-6-8-16(9-7-15)14(3)22-18(19-4)20-11-17-23-21-12-24(17)5;/h6-9,12-14H,10-11H2,1-5H3,(H2,19,20,22);1H. The molecule has 0 aliphatic heterocycles. The van der Waals surface area contributed by atoms with Crippen LogP contribution in [0, 0.1) is 5.92 Å². The minimum absolute atomic E-state index is 0. The van der Waals surface area contributed by atoms with Gasteiger partial charge in [-0.05, 0) is 30.4 Å². The molecule has 138 valence electrons. The molecular weight excluding hydrogens is 427 g/mol. The zero-order valence-corrected chi connectivity index (χ0v) is 18.0. The smallest absolute Gasteiger partial charge is 0.191 e. The van der Waals surface area contributed by atoms with E-state index < -0.39 is 0 Å². The van der Waals surface area contributed by atoms with Gasteiger partial charge in [-0.2, -0.15) is 0 Å². The monoisotopic (exact) mass is 456 g/mol. The van der Waals surface area contributed by atoms with Crippen molar-refractivity contribution in [1.29, 1.82) is 0 Å². The first-order chi connectivity index (χ1) is 11.5. The van der Waals surface area contributed by atoms with E-state index in [0.29, 0.717) is 12.5 Å². The van der Waals surface area contributed by atoms with E-state index in [9.17, 15) is 0 Å². The van der Waals surface area contributed by atoms with Crippen molar-refractivity contribution in [1.82, 2.24) is 25.4 Å². The highest BCUT2D eigenvalue weighted by Crippen LogP contribution is 2.15. The Hall–Kier alpha value is -1.64. The molecule has 7 heteroatoms. The predicted molar refractivity (Wildman–Crippen MR) is 113 cm³/mol. The van der Waals surface area contributed by atoms with Gasteiger partial charge < -0.3 is 15.2 Å². The van der Waals surface area contributed by atoms with Gasteiger partial charge in [0.25, 0.3) is 0 Å². The van der Waals surface area contributed by atoms with Crippen molar-refractivity contribution in [2.45, 2.75) is 39.8 Å². The number of aliphatic imine (C=N–C) groups is 1. The van der Waals surface area contributed by atoms with Gasteiger partial charge in [-0.15, -0.1) is 34.2 Å². The average molecular weight is 456 g/mol. The maximum atomic E-state index is 4.28. The Bertz CT molecular complexity index is 662. The molecule has 0 aliphatic carbocycles. The average Bonchev–Trinajstić information content (AvgIpc) is 2.96. The van der Waals surface area contributed by atoms with Crippen molar-refractivity contribution in [3.8, 4) is 0 Å². The Kier molecular flexibility index (Phi) is 8.88. The van der Waals surface area contributed by atoms with Crippen LogP contribution in [0.3, 0.4) is 0 Å². The lowest BCUT2D eigenvalue weighted by molar-refractivity contribution is 0.645. The van der Waals surface area contributed by atoms with E-state index in [1.165, 1.54) is 11.1 Å². The highest BCUT2D eigenvalue weighted by Gasteiger charge is 2.09. The van der Waals surface area contributed by atoms with Gasteiger partial charge in [0, 0.05) is 14.1 Å². The molecular formula is C18H29IN6. The summed E-state index contributed by atoms with van der Waals surface area (Å²) in [6, 6.07) is 8.97. The van der Waals surface area contributed by atoms with Gasteiger partial charge in [0.2, 0.25) is 0 Å². The quantitative estimate of drug-likeness (QED) is 0.399. The number of rotatable bonds is 6. The third-order valence-corrected chi connectivity index (χ3v) is 3.92. The molecule has 0 saturated carbocycles. The van der Waals surface area contributed by atoms with Crippen molar-refractivity contribution in [2.24, 2.45) is 18.0 Å². The fourth-order valence-corrected chi connectivity index (χ4v) is 2.53. The lowest BCUT2D eigenvalue weighted by Crippen LogP contribution is -2.38. The van der Waals surface area contributed by atoms with Crippen LogP contribution in [0.2, 0.25) is 0 Å². The van der Waals surface area contributed by atoms with Gasteiger partial charge >= 0.3 is 0 Å². The van der Waals surface area contributed by atoms with Crippen LogP contribution in [0.1, 0.15) is 43.8 Å². The van der Waals surface area contributed by atoms with Crippen molar-refractivity contribution in [2.75, 3.05) is 7.05 Å². The van der Waals surface area contributed by atoms with Gasteiger partial charge in [0.1, 0.15) is 6.33 Å². The number of aryl methyl sites for hydroxylation is 1. The lowest BCUT2D eigenvalue weighted by atomic mass is 10.00. The van der Waals surface area contributed by atoms with Crippen LogP contribution in [0.15, 0.2) is 35.6 Å². The van der Waals surface area contributed by atoms with E-state index in [0.717, 1.165) is 18.2 Å². The summed E-state index contributed by atoms with van der Waals surface area (Å²) in [4.78, 5) is 4.28. The minimum Gasteiger partial charge on any atom is -0.350 e. The highest BCUT2D eigenvalue weighted by molar-refractivity contribution is 14.0. The molecule has 1 aromatic carbocycles. The van der Waals surface area contributed by atoms with Crippen molar-refractivity contribution >= 4 is 29.9 Å². The van der Waals surface area contributed by atoms with E-state index in [4.69, 9.17) is 0 Å². The first kappa shape index (κ1) is 21.4. The SMILES string of the molecule is CN=C(NCc1nncn1C)NC(C)c1ccc(CC(C)C)cc1.I. The van der Waals surface area contributed by atoms with E-state index >= 15 is 0 Å².